The number of aromatic nitrogens is 1. The predicted octanol–water partition coefficient (Wildman–Crippen LogP) is 7.91. The fourth-order valence-corrected chi connectivity index (χ4v) is 5.86. The standard InChI is InChI=1S/C26H33N/c1-2-27-25-15-13-21(19-9-5-3-6-10-19)17-23(25)24-18-22(14-16-26(24)27)20-11-7-4-8-12-20/h13-20H,2-12H2,1H3. The van der Waals surface area contributed by atoms with Crippen molar-refractivity contribution in [1.82, 2.24) is 4.57 Å². The maximum absolute atomic E-state index is 2.55. The fourth-order valence-electron chi connectivity index (χ4n) is 5.86. The summed E-state index contributed by atoms with van der Waals surface area (Å²) in [7, 11) is 0. The zero-order valence-electron chi connectivity index (χ0n) is 16.8. The molecule has 0 unspecified atom stereocenters. The van der Waals surface area contributed by atoms with Gasteiger partial charge in [0.25, 0.3) is 0 Å². The Morgan fingerprint density at radius 1 is 0.667 bits per heavy atom. The van der Waals surface area contributed by atoms with Gasteiger partial charge in [-0.1, -0.05) is 50.7 Å². The van der Waals surface area contributed by atoms with Crippen LogP contribution in [0.2, 0.25) is 0 Å². The van der Waals surface area contributed by atoms with Crippen molar-refractivity contribution in [2.75, 3.05) is 0 Å². The molecular weight excluding hydrogens is 326 g/mol. The summed E-state index contributed by atoms with van der Waals surface area (Å²) in [6.07, 6.45) is 14.0. The second-order valence-electron chi connectivity index (χ2n) is 8.97. The molecule has 1 heteroatoms. The Labute approximate surface area is 163 Å². The Bertz CT molecular complexity index is 860. The van der Waals surface area contributed by atoms with Gasteiger partial charge in [0.15, 0.2) is 0 Å². The van der Waals surface area contributed by atoms with Crippen molar-refractivity contribution in [2.24, 2.45) is 0 Å². The highest BCUT2D eigenvalue weighted by atomic mass is 15.0. The topological polar surface area (TPSA) is 4.93 Å². The minimum Gasteiger partial charge on any atom is -0.341 e. The molecule has 0 radical (unpaired) electrons. The smallest absolute Gasteiger partial charge is 0.0491 e. The summed E-state index contributed by atoms with van der Waals surface area (Å²) in [5.41, 5.74) is 6.02. The van der Waals surface area contributed by atoms with Crippen LogP contribution in [-0.2, 0) is 6.54 Å². The van der Waals surface area contributed by atoms with Gasteiger partial charge >= 0.3 is 0 Å². The van der Waals surface area contributed by atoms with Crippen molar-refractivity contribution >= 4 is 21.8 Å². The van der Waals surface area contributed by atoms with E-state index < -0.39 is 0 Å². The van der Waals surface area contributed by atoms with Gasteiger partial charge in [-0.3, -0.25) is 0 Å². The zero-order chi connectivity index (χ0) is 18.2. The first-order chi connectivity index (χ1) is 13.3. The molecule has 0 bridgehead atoms. The molecule has 0 amide bonds. The number of nitrogens with zero attached hydrogens (tertiary/aromatic N) is 1. The third kappa shape index (κ3) is 3.10. The average molecular weight is 360 g/mol. The van der Waals surface area contributed by atoms with Gasteiger partial charge in [-0.15, -0.1) is 0 Å². The quantitative estimate of drug-likeness (QED) is 0.448. The third-order valence-electron chi connectivity index (χ3n) is 7.38. The molecular formula is C26H33N. The number of aryl methyl sites for hydroxylation is 1. The van der Waals surface area contributed by atoms with E-state index in [1.807, 2.05) is 0 Å². The summed E-state index contributed by atoms with van der Waals surface area (Å²) in [6.45, 7) is 3.33. The molecule has 5 rings (SSSR count). The van der Waals surface area contributed by atoms with E-state index in [9.17, 15) is 0 Å². The SMILES string of the molecule is CCn1c2ccc(C3CCCCC3)cc2c2cc(C3CCCCC3)ccc21. The van der Waals surface area contributed by atoms with Gasteiger partial charge in [0.1, 0.15) is 0 Å². The van der Waals surface area contributed by atoms with Crippen LogP contribution in [0, 0.1) is 0 Å². The molecule has 3 aromatic rings. The molecule has 2 aliphatic rings. The number of rotatable bonds is 3. The van der Waals surface area contributed by atoms with Crippen molar-refractivity contribution in [1.29, 1.82) is 0 Å². The minimum atomic E-state index is 0.782. The lowest BCUT2D eigenvalue weighted by Gasteiger charge is -2.22. The first-order valence-electron chi connectivity index (χ1n) is 11.4. The highest BCUT2D eigenvalue weighted by molar-refractivity contribution is 6.08. The average Bonchev–Trinajstić information content (AvgIpc) is 3.07. The molecule has 0 N–H and O–H groups in total. The van der Waals surface area contributed by atoms with E-state index in [2.05, 4.69) is 47.9 Å². The largest absolute Gasteiger partial charge is 0.341 e. The lowest BCUT2D eigenvalue weighted by Crippen LogP contribution is -2.04. The third-order valence-corrected chi connectivity index (χ3v) is 7.38. The Hall–Kier alpha value is -1.76. The Kier molecular flexibility index (Phi) is 4.71. The summed E-state index contributed by atoms with van der Waals surface area (Å²) >= 11 is 0. The molecule has 2 aliphatic carbocycles. The van der Waals surface area contributed by atoms with Crippen molar-refractivity contribution in [3.05, 3.63) is 47.5 Å². The van der Waals surface area contributed by atoms with Crippen molar-refractivity contribution in [3.8, 4) is 0 Å². The van der Waals surface area contributed by atoms with Crippen LogP contribution in [0.1, 0.15) is 94.1 Å². The van der Waals surface area contributed by atoms with Gasteiger partial charge < -0.3 is 4.57 Å². The number of hydrogen-bond donors (Lipinski definition) is 0. The van der Waals surface area contributed by atoms with Gasteiger partial charge in [0.2, 0.25) is 0 Å². The molecule has 1 aromatic heterocycles. The van der Waals surface area contributed by atoms with Crippen LogP contribution >= 0.6 is 0 Å². The normalized spacial score (nSPS) is 19.9. The van der Waals surface area contributed by atoms with Gasteiger partial charge in [-0.2, -0.15) is 0 Å². The lowest BCUT2D eigenvalue weighted by atomic mass is 9.83. The van der Waals surface area contributed by atoms with Crippen LogP contribution in [0.4, 0.5) is 0 Å². The zero-order valence-corrected chi connectivity index (χ0v) is 16.8. The number of hydrogen-bond acceptors (Lipinski definition) is 0. The molecule has 142 valence electrons. The second-order valence-corrected chi connectivity index (χ2v) is 8.97. The van der Waals surface area contributed by atoms with E-state index in [4.69, 9.17) is 0 Å². The van der Waals surface area contributed by atoms with Crippen LogP contribution in [-0.4, -0.2) is 4.57 Å². The number of benzene rings is 2. The van der Waals surface area contributed by atoms with Crippen molar-refractivity contribution in [2.45, 2.75) is 89.5 Å². The van der Waals surface area contributed by atoms with Gasteiger partial charge in [-0.05, 0) is 79.8 Å². The molecule has 1 heterocycles. The minimum absolute atomic E-state index is 0.782. The van der Waals surface area contributed by atoms with E-state index in [-0.39, 0.29) is 0 Å². The molecule has 27 heavy (non-hydrogen) atoms. The van der Waals surface area contributed by atoms with Crippen LogP contribution in [0.15, 0.2) is 36.4 Å². The summed E-state index contributed by atoms with van der Waals surface area (Å²) in [4.78, 5) is 0. The highest BCUT2D eigenvalue weighted by Gasteiger charge is 2.20. The first-order valence-corrected chi connectivity index (χ1v) is 11.4. The summed E-state index contributed by atoms with van der Waals surface area (Å²) in [6, 6.07) is 14.7. The van der Waals surface area contributed by atoms with Crippen LogP contribution in [0.3, 0.4) is 0 Å². The Balaban J connectivity index is 1.64. The van der Waals surface area contributed by atoms with Crippen LogP contribution in [0.5, 0.6) is 0 Å². The summed E-state index contributed by atoms with van der Waals surface area (Å²) in [5.74, 6) is 1.56. The molecule has 0 aliphatic heterocycles. The number of fused-ring (bicyclic) bond motifs is 3. The molecule has 2 saturated carbocycles. The van der Waals surface area contributed by atoms with E-state index in [1.54, 1.807) is 11.1 Å². The summed E-state index contributed by atoms with van der Waals surface area (Å²) in [5, 5.41) is 2.99. The van der Waals surface area contributed by atoms with Gasteiger partial charge in [0.05, 0.1) is 0 Å². The highest BCUT2D eigenvalue weighted by Crippen LogP contribution is 2.39. The van der Waals surface area contributed by atoms with E-state index in [0.717, 1.165) is 18.4 Å². The van der Waals surface area contributed by atoms with E-state index >= 15 is 0 Å². The molecule has 2 fully saturated rings. The fraction of sp³-hybridized carbons (Fsp3) is 0.538. The lowest BCUT2D eigenvalue weighted by molar-refractivity contribution is 0.444. The predicted molar refractivity (Wildman–Crippen MR) is 117 cm³/mol. The van der Waals surface area contributed by atoms with Gasteiger partial charge in [-0.25, -0.2) is 0 Å². The molecule has 1 nitrogen and oxygen atoms in total. The van der Waals surface area contributed by atoms with E-state index in [1.165, 1.54) is 86.0 Å². The molecule has 0 spiro atoms. The maximum atomic E-state index is 2.55. The first kappa shape index (κ1) is 17.3. The van der Waals surface area contributed by atoms with Crippen LogP contribution < -0.4 is 0 Å². The summed E-state index contributed by atoms with van der Waals surface area (Å²) < 4.78 is 2.51. The second kappa shape index (κ2) is 7.34. The van der Waals surface area contributed by atoms with Crippen LogP contribution in [0.25, 0.3) is 21.8 Å². The van der Waals surface area contributed by atoms with Gasteiger partial charge in [0, 0.05) is 28.4 Å². The molecule has 0 saturated heterocycles. The molecule has 2 aromatic carbocycles. The Morgan fingerprint density at radius 2 is 1.11 bits per heavy atom. The van der Waals surface area contributed by atoms with E-state index in [0.29, 0.717) is 0 Å². The Morgan fingerprint density at radius 3 is 1.52 bits per heavy atom. The van der Waals surface area contributed by atoms with Crippen molar-refractivity contribution in [3.63, 3.8) is 0 Å². The maximum Gasteiger partial charge on any atom is 0.0491 e. The van der Waals surface area contributed by atoms with Crippen molar-refractivity contribution < 1.29 is 0 Å². The molecule has 0 atom stereocenters. The monoisotopic (exact) mass is 359 g/mol.